The van der Waals surface area contributed by atoms with Crippen LogP contribution in [0.15, 0.2) is 30.3 Å². The molecule has 0 heterocycles. The van der Waals surface area contributed by atoms with Crippen LogP contribution in [0.2, 0.25) is 0 Å². The predicted molar refractivity (Wildman–Crippen MR) is 67.8 cm³/mol. The van der Waals surface area contributed by atoms with E-state index in [1.807, 2.05) is 30.3 Å². The summed E-state index contributed by atoms with van der Waals surface area (Å²) in [6, 6.07) is 8.53. The average molecular weight is 245 g/mol. The second-order valence-electron chi connectivity index (χ2n) is 3.85. The lowest BCUT2D eigenvalue weighted by Gasteiger charge is -2.11. The smallest absolute Gasteiger partial charge is 0.327 e. The van der Waals surface area contributed by atoms with Crippen molar-refractivity contribution in [3.05, 3.63) is 35.9 Å². The summed E-state index contributed by atoms with van der Waals surface area (Å²) in [6.45, 7) is 0. The topological polar surface area (TPSA) is 66.4 Å². The van der Waals surface area contributed by atoms with Gasteiger partial charge in [-0.1, -0.05) is 30.3 Å². The molecule has 0 aliphatic carbocycles. The van der Waals surface area contributed by atoms with Crippen molar-refractivity contribution in [2.24, 2.45) is 0 Å². The minimum absolute atomic E-state index is 0.00753. The maximum Gasteiger partial charge on any atom is 0.327 e. The van der Waals surface area contributed by atoms with E-state index in [-0.39, 0.29) is 18.7 Å². The average Bonchev–Trinajstić information content (AvgIpc) is 2.37. The summed E-state index contributed by atoms with van der Waals surface area (Å²) in [4.78, 5) is 22.4. The zero-order valence-electron chi connectivity index (χ0n) is 9.93. The highest BCUT2D eigenvalue weighted by molar-refractivity contribution is 5.83. The van der Waals surface area contributed by atoms with E-state index in [4.69, 9.17) is 11.5 Å². The van der Waals surface area contributed by atoms with Crippen molar-refractivity contribution in [1.82, 2.24) is 5.32 Å². The first kappa shape index (κ1) is 13.8. The number of benzene rings is 1. The number of nitrogens with one attached hydrogen (secondary N) is 1. The predicted octanol–water partition coefficient (Wildman–Crippen LogP) is 1.21. The summed E-state index contributed by atoms with van der Waals surface area (Å²) >= 11 is 0. The van der Waals surface area contributed by atoms with E-state index in [2.05, 4.69) is 11.2 Å². The second-order valence-corrected chi connectivity index (χ2v) is 3.85. The van der Waals surface area contributed by atoms with Crippen LogP contribution in [0.3, 0.4) is 0 Å². The SMILES string of the molecule is C#CC[C@H](NC(=O)CCc1ccccc1)C(=O)O. The molecule has 0 aliphatic rings. The van der Waals surface area contributed by atoms with Crippen molar-refractivity contribution in [2.75, 3.05) is 0 Å². The molecule has 2 N–H and O–H groups in total. The summed E-state index contributed by atoms with van der Waals surface area (Å²) in [7, 11) is 0. The van der Waals surface area contributed by atoms with Gasteiger partial charge in [0.25, 0.3) is 0 Å². The van der Waals surface area contributed by atoms with Gasteiger partial charge in [0.2, 0.25) is 5.91 Å². The number of hydrogen-bond donors (Lipinski definition) is 2. The zero-order valence-corrected chi connectivity index (χ0v) is 9.93. The summed E-state index contributed by atoms with van der Waals surface area (Å²) in [5, 5.41) is 11.2. The molecule has 4 nitrogen and oxygen atoms in total. The lowest BCUT2D eigenvalue weighted by molar-refractivity contribution is -0.141. The van der Waals surface area contributed by atoms with Gasteiger partial charge in [-0.15, -0.1) is 12.3 Å². The van der Waals surface area contributed by atoms with Crippen molar-refractivity contribution in [2.45, 2.75) is 25.3 Å². The number of terminal acetylenes is 1. The van der Waals surface area contributed by atoms with Gasteiger partial charge in [0.15, 0.2) is 0 Å². The Balaban J connectivity index is 2.42. The van der Waals surface area contributed by atoms with Crippen LogP contribution >= 0.6 is 0 Å². The number of carbonyl (C=O) groups is 2. The van der Waals surface area contributed by atoms with Crippen LogP contribution < -0.4 is 5.32 Å². The molecule has 1 aromatic carbocycles. The van der Waals surface area contributed by atoms with Crippen molar-refractivity contribution in [3.63, 3.8) is 0 Å². The Hall–Kier alpha value is -2.28. The van der Waals surface area contributed by atoms with Gasteiger partial charge in [-0.3, -0.25) is 4.79 Å². The Morgan fingerprint density at radius 1 is 1.33 bits per heavy atom. The van der Waals surface area contributed by atoms with E-state index in [9.17, 15) is 9.59 Å². The molecule has 1 aromatic rings. The van der Waals surface area contributed by atoms with Crippen molar-refractivity contribution in [3.8, 4) is 12.3 Å². The first-order chi connectivity index (χ1) is 8.63. The van der Waals surface area contributed by atoms with Gasteiger partial charge >= 0.3 is 5.97 Å². The Morgan fingerprint density at radius 3 is 2.56 bits per heavy atom. The van der Waals surface area contributed by atoms with Gasteiger partial charge < -0.3 is 10.4 Å². The van der Waals surface area contributed by atoms with Gasteiger partial charge in [0, 0.05) is 12.8 Å². The summed E-state index contributed by atoms with van der Waals surface area (Å²) in [5.41, 5.74) is 1.04. The maximum atomic E-state index is 11.6. The molecule has 0 saturated heterocycles. The minimum Gasteiger partial charge on any atom is -0.480 e. The maximum absolute atomic E-state index is 11.6. The molecule has 0 unspecified atom stereocenters. The summed E-state index contributed by atoms with van der Waals surface area (Å²) < 4.78 is 0. The molecule has 0 spiro atoms. The number of rotatable bonds is 6. The highest BCUT2D eigenvalue weighted by Gasteiger charge is 2.18. The fourth-order valence-corrected chi connectivity index (χ4v) is 1.49. The van der Waals surface area contributed by atoms with Crippen LogP contribution in [0, 0.1) is 12.3 Å². The van der Waals surface area contributed by atoms with E-state index in [1.165, 1.54) is 0 Å². The Morgan fingerprint density at radius 2 is 2.00 bits per heavy atom. The largest absolute Gasteiger partial charge is 0.480 e. The van der Waals surface area contributed by atoms with E-state index < -0.39 is 12.0 Å². The van der Waals surface area contributed by atoms with Crippen LogP contribution in [0.5, 0.6) is 0 Å². The Kier molecular flexibility index (Phi) is 5.46. The molecule has 1 atom stereocenters. The molecule has 0 bridgehead atoms. The molecule has 0 aromatic heterocycles. The fourth-order valence-electron chi connectivity index (χ4n) is 1.49. The van der Waals surface area contributed by atoms with Crippen molar-refractivity contribution in [1.29, 1.82) is 0 Å². The molecule has 0 aliphatic heterocycles. The number of carboxylic acid groups (broad SMARTS) is 1. The van der Waals surface area contributed by atoms with Crippen LogP contribution in [-0.2, 0) is 16.0 Å². The number of hydrogen-bond acceptors (Lipinski definition) is 2. The van der Waals surface area contributed by atoms with E-state index in [0.717, 1.165) is 5.56 Å². The van der Waals surface area contributed by atoms with E-state index in [1.54, 1.807) is 0 Å². The highest BCUT2D eigenvalue weighted by atomic mass is 16.4. The highest BCUT2D eigenvalue weighted by Crippen LogP contribution is 2.02. The molecule has 0 saturated carbocycles. The molecule has 94 valence electrons. The molecular formula is C14H15NO3. The molecule has 0 radical (unpaired) electrons. The normalized spacial score (nSPS) is 11.3. The van der Waals surface area contributed by atoms with Crippen LogP contribution in [0.25, 0.3) is 0 Å². The number of aliphatic carboxylic acids is 1. The standard InChI is InChI=1S/C14H15NO3/c1-2-6-12(14(17)18)15-13(16)10-9-11-7-4-3-5-8-11/h1,3-5,7-8,12H,6,9-10H2,(H,15,16)(H,17,18)/t12-/m0/s1. The van der Waals surface area contributed by atoms with Gasteiger partial charge in [0.1, 0.15) is 6.04 Å². The third kappa shape index (κ3) is 4.71. The van der Waals surface area contributed by atoms with Crippen LogP contribution in [0.1, 0.15) is 18.4 Å². The van der Waals surface area contributed by atoms with E-state index in [0.29, 0.717) is 6.42 Å². The van der Waals surface area contributed by atoms with Gasteiger partial charge in [-0.25, -0.2) is 4.79 Å². The van der Waals surface area contributed by atoms with Crippen molar-refractivity contribution >= 4 is 11.9 Å². The molecule has 1 rings (SSSR count). The number of carbonyl (C=O) groups excluding carboxylic acids is 1. The van der Waals surface area contributed by atoms with Crippen LogP contribution in [-0.4, -0.2) is 23.0 Å². The van der Waals surface area contributed by atoms with Crippen LogP contribution in [0.4, 0.5) is 0 Å². The summed E-state index contributed by atoms with van der Waals surface area (Å²) in [6.07, 6.45) is 5.86. The zero-order chi connectivity index (χ0) is 13.4. The summed E-state index contributed by atoms with van der Waals surface area (Å²) in [5.74, 6) is 0.818. The minimum atomic E-state index is -1.11. The fraction of sp³-hybridized carbons (Fsp3) is 0.286. The number of carboxylic acids is 1. The Bertz CT molecular complexity index is 448. The lowest BCUT2D eigenvalue weighted by atomic mass is 10.1. The number of amides is 1. The molecule has 4 heteroatoms. The monoisotopic (exact) mass is 245 g/mol. The van der Waals surface area contributed by atoms with E-state index >= 15 is 0 Å². The molecule has 0 fully saturated rings. The van der Waals surface area contributed by atoms with Gasteiger partial charge in [-0.05, 0) is 12.0 Å². The van der Waals surface area contributed by atoms with Gasteiger partial charge in [0.05, 0.1) is 0 Å². The lowest BCUT2D eigenvalue weighted by Crippen LogP contribution is -2.40. The third-order valence-corrected chi connectivity index (χ3v) is 2.44. The third-order valence-electron chi connectivity index (χ3n) is 2.44. The van der Waals surface area contributed by atoms with Crippen molar-refractivity contribution < 1.29 is 14.7 Å². The van der Waals surface area contributed by atoms with Gasteiger partial charge in [-0.2, -0.15) is 0 Å². The second kappa shape index (κ2) is 7.13. The molecule has 1 amide bonds. The first-order valence-corrected chi connectivity index (χ1v) is 5.63. The Labute approximate surface area is 106 Å². The molecule has 18 heavy (non-hydrogen) atoms. The number of aryl methyl sites for hydroxylation is 1. The quantitative estimate of drug-likeness (QED) is 0.740. The first-order valence-electron chi connectivity index (χ1n) is 5.63. The molecular weight excluding hydrogens is 230 g/mol.